The molecule has 0 radical (unpaired) electrons. The molecule has 0 unspecified atom stereocenters. The Morgan fingerprint density at radius 1 is 0.920 bits per heavy atom. The highest BCUT2D eigenvalue weighted by atomic mass is 32.2. The molecule has 0 N–H and O–H groups in total. The fourth-order valence-corrected chi connectivity index (χ4v) is 3.02. The van der Waals surface area contributed by atoms with Crippen molar-refractivity contribution in [2.75, 3.05) is 12.9 Å². The molecule has 2 rings (SSSR count). The average Bonchev–Trinajstić information content (AvgIpc) is 2.55. The highest BCUT2D eigenvalue weighted by Crippen LogP contribution is 2.16. The summed E-state index contributed by atoms with van der Waals surface area (Å²) in [6.45, 7) is 5.36. The molecular formula is C19H20O5S. The van der Waals surface area contributed by atoms with Crippen molar-refractivity contribution in [1.82, 2.24) is 0 Å². The van der Waals surface area contributed by atoms with Crippen molar-refractivity contribution >= 4 is 21.6 Å². The van der Waals surface area contributed by atoms with Crippen LogP contribution in [0.1, 0.15) is 37.4 Å². The van der Waals surface area contributed by atoms with Crippen molar-refractivity contribution in [3.05, 3.63) is 64.2 Å². The zero-order valence-corrected chi connectivity index (χ0v) is 15.4. The Kier molecular flexibility index (Phi) is 5.42. The minimum Gasteiger partial charge on any atom is -0.454 e. The van der Waals surface area contributed by atoms with Gasteiger partial charge < -0.3 is 4.74 Å². The topological polar surface area (TPSA) is 77.5 Å². The van der Waals surface area contributed by atoms with Crippen LogP contribution in [0.2, 0.25) is 0 Å². The standard InChI is InChI=1S/C19H20O5S/c1-12-9-14(3)17(10-13(12)2)18(20)11-24-19(21)15-5-7-16(8-6-15)25(4,22)23/h5-10H,11H2,1-4H3. The van der Waals surface area contributed by atoms with E-state index < -0.39 is 15.8 Å². The van der Waals surface area contributed by atoms with Gasteiger partial charge in [-0.3, -0.25) is 4.79 Å². The Balaban J connectivity index is 2.07. The number of benzene rings is 2. The van der Waals surface area contributed by atoms with E-state index in [0.717, 1.165) is 22.9 Å². The van der Waals surface area contributed by atoms with Gasteiger partial charge in [-0.2, -0.15) is 0 Å². The van der Waals surface area contributed by atoms with Crippen molar-refractivity contribution < 1.29 is 22.7 Å². The average molecular weight is 360 g/mol. The molecular weight excluding hydrogens is 340 g/mol. The molecule has 25 heavy (non-hydrogen) atoms. The molecule has 0 aliphatic heterocycles. The van der Waals surface area contributed by atoms with Crippen LogP contribution >= 0.6 is 0 Å². The SMILES string of the molecule is Cc1cc(C)c(C(=O)COC(=O)c2ccc(S(C)(=O)=O)cc2)cc1C. The lowest BCUT2D eigenvalue weighted by molar-refractivity contribution is 0.0474. The zero-order chi connectivity index (χ0) is 18.8. The first-order chi connectivity index (χ1) is 11.6. The fraction of sp³-hybridized carbons (Fsp3) is 0.263. The lowest BCUT2D eigenvalue weighted by atomic mass is 9.98. The molecule has 5 nitrogen and oxygen atoms in total. The highest BCUT2D eigenvalue weighted by molar-refractivity contribution is 7.90. The minimum absolute atomic E-state index is 0.117. The molecule has 132 valence electrons. The molecule has 0 saturated carbocycles. The smallest absolute Gasteiger partial charge is 0.338 e. The van der Waals surface area contributed by atoms with Gasteiger partial charge in [0.2, 0.25) is 5.78 Å². The van der Waals surface area contributed by atoms with Gasteiger partial charge in [-0.05, 0) is 67.8 Å². The summed E-state index contributed by atoms with van der Waals surface area (Å²) in [5.74, 6) is -0.948. The van der Waals surface area contributed by atoms with Gasteiger partial charge in [0, 0.05) is 11.8 Å². The van der Waals surface area contributed by atoms with Crippen molar-refractivity contribution in [3.63, 3.8) is 0 Å². The second kappa shape index (κ2) is 7.19. The van der Waals surface area contributed by atoms with Crippen molar-refractivity contribution in [1.29, 1.82) is 0 Å². The number of rotatable bonds is 5. The summed E-state index contributed by atoms with van der Waals surface area (Å²) in [5, 5.41) is 0. The summed E-state index contributed by atoms with van der Waals surface area (Å²) in [7, 11) is -3.33. The predicted molar refractivity (Wildman–Crippen MR) is 94.8 cm³/mol. The third-order valence-corrected chi connectivity index (χ3v) is 5.12. The first-order valence-corrected chi connectivity index (χ1v) is 9.57. The maximum atomic E-state index is 12.3. The summed E-state index contributed by atoms with van der Waals surface area (Å²) in [5.41, 5.74) is 3.65. The molecule has 0 fully saturated rings. The van der Waals surface area contributed by atoms with Crippen LogP contribution in [0.25, 0.3) is 0 Å². The Bertz CT molecular complexity index is 925. The van der Waals surface area contributed by atoms with Crippen molar-refractivity contribution in [2.24, 2.45) is 0 Å². The van der Waals surface area contributed by atoms with E-state index in [0.29, 0.717) is 5.56 Å². The van der Waals surface area contributed by atoms with Crippen LogP contribution in [-0.4, -0.2) is 33.0 Å². The number of esters is 1. The van der Waals surface area contributed by atoms with E-state index >= 15 is 0 Å². The molecule has 0 heterocycles. The van der Waals surface area contributed by atoms with Gasteiger partial charge in [0.15, 0.2) is 16.4 Å². The van der Waals surface area contributed by atoms with Gasteiger partial charge in [0.1, 0.15) is 0 Å². The second-order valence-electron chi connectivity index (χ2n) is 6.05. The molecule has 0 aliphatic rings. The van der Waals surface area contributed by atoms with Crippen LogP contribution in [0.15, 0.2) is 41.3 Å². The number of hydrogen-bond donors (Lipinski definition) is 0. The fourth-order valence-electron chi connectivity index (χ4n) is 2.39. The zero-order valence-electron chi connectivity index (χ0n) is 14.6. The lowest BCUT2D eigenvalue weighted by Gasteiger charge is -2.10. The molecule has 0 aromatic heterocycles. The summed E-state index contributed by atoms with van der Waals surface area (Å²) in [6.07, 6.45) is 1.09. The van der Waals surface area contributed by atoms with Gasteiger partial charge in [-0.1, -0.05) is 6.07 Å². The van der Waals surface area contributed by atoms with Gasteiger partial charge in [-0.15, -0.1) is 0 Å². The van der Waals surface area contributed by atoms with Gasteiger partial charge in [0.05, 0.1) is 10.5 Å². The number of ketones is 1. The third-order valence-electron chi connectivity index (χ3n) is 3.99. The van der Waals surface area contributed by atoms with E-state index in [4.69, 9.17) is 4.74 Å². The van der Waals surface area contributed by atoms with Crippen LogP contribution in [0.3, 0.4) is 0 Å². The third kappa shape index (κ3) is 4.54. The number of carbonyl (C=O) groups is 2. The molecule has 6 heteroatoms. The van der Waals surface area contributed by atoms with Crippen LogP contribution in [-0.2, 0) is 14.6 Å². The van der Waals surface area contributed by atoms with Crippen molar-refractivity contribution in [3.8, 4) is 0 Å². The van der Waals surface area contributed by atoms with E-state index in [9.17, 15) is 18.0 Å². The summed E-state index contributed by atoms with van der Waals surface area (Å²) in [6, 6.07) is 9.12. The van der Waals surface area contributed by atoms with E-state index in [1.54, 1.807) is 6.07 Å². The van der Waals surface area contributed by atoms with Crippen LogP contribution in [0.5, 0.6) is 0 Å². The van der Waals surface area contributed by atoms with Gasteiger partial charge in [0.25, 0.3) is 0 Å². The van der Waals surface area contributed by atoms with Crippen LogP contribution < -0.4 is 0 Å². The summed E-state index contributed by atoms with van der Waals surface area (Å²) in [4.78, 5) is 24.4. The first kappa shape index (κ1) is 18.9. The number of Topliss-reactive ketones (excluding diaryl/α,β-unsaturated/α-hetero) is 1. The Morgan fingerprint density at radius 3 is 2.04 bits per heavy atom. The number of ether oxygens (including phenoxy) is 1. The molecule has 0 saturated heterocycles. The maximum absolute atomic E-state index is 12.3. The van der Waals surface area contributed by atoms with Crippen LogP contribution in [0, 0.1) is 20.8 Å². The van der Waals surface area contributed by atoms with E-state index in [1.165, 1.54) is 24.3 Å². The summed E-state index contributed by atoms with van der Waals surface area (Å²) < 4.78 is 27.9. The monoisotopic (exact) mass is 360 g/mol. The number of carbonyl (C=O) groups excluding carboxylic acids is 2. The first-order valence-electron chi connectivity index (χ1n) is 7.68. The highest BCUT2D eigenvalue weighted by Gasteiger charge is 2.15. The second-order valence-corrected chi connectivity index (χ2v) is 8.06. The molecule has 0 amide bonds. The summed E-state index contributed by atoms with van der Waals surface area (Å²) >= 11 is 0. The van der Waals surface area contributed by atoms with Crippen LogP contribution in [0.4, 0.5) is 0 Å². The quantitative estimate of drug-likeness (QED) is 0.605. The molecule has 0 spiro atoms. The maximum Gasteiger partial charge on any atom is 0.338 e. The van der Waals surface area contributed by atoms with E-state index in [1.807, 2.05) is 26.8 Å². The Labute approximate surface area is 147 Å². The molecule has 0 aliphatic carbocycles. The lowest BCUT2D eigenvalue weighted by Crippen LogP contribution is -2.15. The van der Waals surface area contributed by atoms with Gasteiger partial charge in [-0.25, -0.2) is 13.2 Å². The largest absolute Gasteiger partial charge is 0.454 e. The number of hydrogen-bond acceptors (Lipinski definition) is 5. The van der Waals surface area contributed by atoms with Gasteiger partial charge >= 0.3 is 5.97 Å². The Morgan fingerprint density at radius 2 is 1.48 bits per heavy atom. The molecule has 0 bridgehead atoms. The Hall–Kier alpha value is -2.47. The van der Waals surface area contributed by atoms with E-state index in [-0.39, 0.29) is 22.8 Å². The predicted octanol–water partition coefficient (Wildman–Crippen LogP) is 3.06. The molecule has 2 aromatic carbocycles. The number of aryl methyl sites for hydroxylation is 3. The normalized spacial score (nSPS) is 11.2. The molecule has 2 aromatic rings. The molecule has 0 atom stereocenters. The van der Waals surface area contributed by atoms with E-state index in [2.05, 4.69) is 0 Å². The minimum atomic E-state index is -3.33. The van der Waals surface area contributed by atoms with Crippen molar-refractivity contribution in [2.45, 2.75) is 25.7 Å². The number of sulfone groups is 1.